The number of hydrogen-bond donors (Lipinski definition) is 1. The summed E-state index contributed by atoms with van der Waals surface area (Å²) in [6.45, 7) is 7.08. The van der Waals surface area contributed by atoms with E-state index in [1.807, 2.05) is 43.9 Å². The Bertz CT molecular complexity index is 533. The zero-order valence-corrected chi connectivity index (χ0v) is 13.0. The van der Waals surface area contributed by atoms with Crippen LogP contribution in [-0.2, 0) is 4.74 Å². The second kappa shape index (κ2) is 4.73. The van der Waals surface area contributed by atoms with E-state index < -0.39 is 5.60 Å². The molecule has 1 heterocycles. The number of hydrogen-bond acceptors (Lipinski definition) is 3. The summed E-state index contributed by atoms with van der Waals surface area (Å²) in [5, 5.41) is 0. The first-order valence-corrected chi connectivity index (χ1v) is 7.62. The predicted molar refractivity (Wildman–Crippen MR) is 81.7 cm³/mol. The van der Waals surface area contributed by atoms with Crippen molar-refractivity contribution in [3.8, 4) is 0 Å². The van der Waals surface area contributed by atoms with Crippen LogP contribution in [0.3, 0.4) is 0 Å². The van der Waals surface area contributed by atoms with Gasteiger partial charge in [-0.2, -0.15) is 0 Å². The molecule has 1 aliphatic carbocycles. The topological polar surface area (TPSA) is 55.6 Å². The Labute approximate surface area is 126 Å². The highest BCUT2D eigenvalue weighted by Crippen LogP contribution is 2.66. The first-order chi connectivity index (χ1) is 9.87. The Kier molecular flexibility index (Phi) is 3.24. The van der Waals surface area contributed by atoms with E-state index in [4.69, 9.17) is 10.5 Å². The van der Waals surface area contributed by atoms with E-state index in [0.717, 1.165) is 18.5 Å². The summed E-state index contributed by atoms with van der Waals surface area (Å²) in [4.78, 5) is 14.4. The zero-order valence-electron chi connectivity index (χ0n) is 13.0. The van der Waals surface area contributed by atoms with Gasteiger partial charge in [-0.1, -0.05) is 30.3 Å². The number of benzene rings is 1. The lowest BCUT2D eigenvalue weighted by Crippen LogP contribution is -2.40. The van der Waals surface area contributed by atoms with E-state index in [9.17, 15) is 4.79 Å². The van der Waals surface area contributed by atoms with Crippen LogP contribution in [0, 0.1) is 11.3 Å². The minimum absolute atomic E-state index is 0.0450. The minimum Gasteiger partial charge on any atom is -0.444 e. The van der Waals surface area contributed by atoms with Gasteiger partial charge >= 0.3 is 6.09 Å². The van der Waals surface area contributed by atoms with Crippen LogP contribution in [0.5, 0.6) is 0 Å². The molecule has 2 fully saturated rings. The number of ether oxygens (including phenoxy) is 1. The Morgan fingerprint density at radius 1 is 1.38 bits per heavy atom. The molecular formula is C17H24N2O2. The SMILES string of the molecule is CC(C)(C)OC(=O)N1CC2CC2(CN)C1c1ccccc1. The second-order valence-corrected chi connectivity index (χ2v) is 7.28. The molecule has 3 unspecified atom stereocenters. The fourth-order valence-electron chi connectivity index (χ4n) is 3.64. The summed E-state index contributed by atoms with van der Waals surface area (Å²) in [6.07, 6.45) is 0.888. The molecule has 0 aromatic heterocycles. The maximum absolute atomic E-state index is 12.5. The average molecular weight is 288 g/mol. The van der Waals surface area contributed by atoms with E-state index in [-0.39, 0.29) is 17.6 Å². The van der Waals surface area contributed by atoms with E-state index in [2.05, 4.69) is 12.1 Å². The minimum atomic E-state index is -0.471. The Hall–Kier alpha value is -1.55. The highest BCUT2D eigenvalue weighted by atomic mass is 16.6. The number of fused-ring (bicyclic) bond motifs is 1. The first-order valence-electron chi connectivity index (χ1n) is 7.62. The molecule has 1 aromatic carbocycles. The maximum atomic E-state index is 12.5. The van der Waals surface area contributed by atoms with E-state index in [1.165, 1.54) is 0 Å². The van der Waals surface area contributed by atoms with Crippen molar-refractivity contribution in [1.29, 1.82) is 0 Å². The summed E-state index contributed by atoms with van der Waals surface area (Å²) in [7, 11) is 0. The number of carbonyl (C=O) groups excluding carboxylic acids is 1. The van der Waals surface area contributed by atoms with E-state index >= 15 is 0 Å². The van der Waals surface area contributed by atoms with Crippen molar-refractivity contribution >= 4 is 6.09 Å². The third kappa shape index (κ3) is 2.42. The highest BCUT2D eigenvalue weighted by Gasteiger charge is 2.66. The number of piperidine rings is 1. The number of likely N-dealkylation sites (tertiary alicyclic amines) is 1. The number of rotatable bonds is 2. The lowest BCUT2D eigenvalue weighted by Gasteiger charge is -2.33. The molecule has 3 atom stereocenters. The number of amides is 1. The van der Waals surface area contributed by atoms with Crippen molar-refractivity contribution in [3.05, 3.63) is 35.9 Å². The molecule has 1 aliphatic heterocycles. The summed E-state index contributed by atoms with van der Waals surface area (Å²) >= 11 is 0. The van der Waals surface area contributed by atoms with Gasteiger partial charge in [0.1, 0.15) is 5.60 Å². The molecule has 1 saturated carbocycles. The van der Waals surface area contributed by atoms with E-state index in [1.54, 1.807) is 0 Å². The Balaban J connectivity index is 1.89. The molecule has 4 nitrogen and oxygen atoms in total. The summed E-state index contributed by atoms with van der Waals surface area (Å²) in [5.41, 5.74) is 6.79. The third-order valence-electron chi connectivity index (χ3n) is 4.68. The van der Waals surface area contributed by atoms with Gasteiger partial charge < -0.3 is 15.4 Å². The van der Waals surface area contributed by atoms with Crippen molar-refractivity contribution in [1.82, 2.24) is 4.90 Å². The van der Waals surface area contributed by atoms with Gasteiger partial charge in [-0.3, -0.25) is 0 Å². The van der Waals surface area contributed by atoms with Crippen LogP contribution in [-0.4, -0.2) is 29.7 Å². The molecule has 2 N–H and O–H groups in total. The van der Waals surface area contributed by atoms with Crippen LogP contribution in [0.4, 0.5) is 4.79 Å². The van der Waals surface area contributed by atoms with Gasteiger partial charge in [-0.05, 0) is 38.7 Å². The summed E-state index contributed by atoms with van der Waals surface area (Å²) in [6, 6.07) is 10.2. The van der Waals surface area contributed by atoms with Crippen molar-refractivity contribution in [2.75, 3.05) is 13.1 Å². The molecule has 2 aliphatic rings. The normalized spacial score (nSPS) is 31.0. The lowest BCUT2D eigenvalue weighted by molar-refractivity contribution is 0.0161. The lowest BCUT2D eigenvalue weighted by atomic mass is 9.90. The molecule has 4 heteroatoms. The molecular weight excluding hydrogens is 264 g/mol. The van der Waals surface area contributed by atoms with Gasteiger partial charge in [0.05, 0.1) is 6.04 Å². The van der Waals surface area contributed by atoms with Gasteiger partial charge in [0.25, 0.3) is 0 Å². The fourth-order valence-corrected chi connectivity index (χ4v) is 3.64. The molecule has 21 heavy (non-hydrogen) atoms. The largest absolute Gasteiger partial charge is 0.444 e. The summed E-state index contributed by atoms with van der Waals surface area (Å²) < 4.78 is 5.58. The van der Waals surface area contributed by atoms with Crippen molar-refractivity contribution in [3.63, 3.8) is 0 Å². The molecule has 3 rings (SSSR count). The molecule has 1 aromatic rings. The second-order valence-electron chi connectivity index (χ2n) is 7.28. The zero-order chi connectivity index (χ0) is 15.3. The first kappa shape index (κ1) is 14.4. The number of nitrogens with two attached hydrogens (primary N) is 1. The van der Waals surface area contributed by atoms with Crippen molar-refractivity contribution in [2.24, 2.45) is 17.1 Å². The van der Waals surface area contributed by atoms with Crippen molar-refractivity contribution in [2.45, 2.75) is 38.8 Å². The van der Waals surface area contributed by atoms with Gasteiger partial charge in [0.15, 0.2) is 0 Å². The van der Waals surface area contributed by atoms with Gasteiger partial charge in [0, 0.05) is 18.5 Å². The van der Waals surface area contributed by atoms with E-state index in [0.29, 0.717) is 12.5 Å². The highest BCUT2D eigenvalue weighted by molar-refractivity contribution is 5.70. The number of carbonyl (C=O) groups is 1. The Morgan fingerprint density at radius 3 is 2.62 bits per heavy atom. The van der Waals surface area contributed by atoms with Crippen LogP contribution in [0.25, 0.3) is 0 Å². The van der Waals surface area contributed by atoms with Crippen LogP contribution >= 0.6 is 0 Å². The van der Waals surface area contributed by atoms with Crippen LogP contribution in [0.15, 0.2) is 30.3 Å². The van der Waals surface area contributed by atoms with Gasteiger partial charge in [-0.15, -0.1) is 0 Å². The third-order valence-corrected chi connectivity index (χ3v) is 4.68. The van der Waals surface area contributed by atoms with Crippen molar-refractivity contribution < 1.29 is 9.53 Å². The molecule has 0 spiro atoms. The van der Waals surface area contributed by atoms with Crippen LogP contribution in [0.2, 0.25) is 0 Å². The monoisotopic (exact) mass is 288 g/mol. The van der Waals surface area contributed by atoms with Gasteiger partial charge in [-0.25, -0.2) is 4.79 Å². The molecule has 0 bridgehead atoms. The molecule has 1 saturated heterocycles. The fraction of sp³-hybridized carbons (Fsp3) is 0.588. The van der Waals surface area contributed by atoms with Crippen LogP contribution in [0.1, 0.15) is 38.8 Å². The standard InChI is InChI=1S/C17H24N2O2/c1-16(2,3)21-15(20)19-10-13-9-17(13,11-18)14(19)12-7-5-4-6-8-12/h4-8,13-14H,9-11,18H2,1-3H3. The molecule has 0 radical (unpaired) electrons. The quantitative estimate of drug-likeness (QED) is 0.910. The van der Waals surface area contributed by atoms with Gasteiger partial charge in [0.2, 0.25) is 0 Å². The molecule has 114 valence electrons. The Morgan fingerprint density at radius 2 is 2.05 bits per heavy atom. The molecule has 1 amide bonds. The average Bonchev–Trinajstić information content (AvgIpc) is 3.03. The predicted octanol–water partition coefficient (Wildman–Crippen LogP) is 2.94. The maximum Gasteiger partial charge on any atom is 0.410 e. The smallest absolute Gasteiger partial charge is 0.410 e. The number of nitrogens with zero attached hydrogens (tertiary/aromatic N) is 1. The summed E-state index contributed by atoms with van der Waals surface area (Å²) in [5.74, 6) is 0.514. The van der Waals surface area contributed by atoms with Crippen LogP contribution < -0.4 is 5.73 Å².